The minimum atomic E-state index is -3.98. The van der Waals surface area contributed by atoms with Gasteiger partial charge in [-0.15, -0.1) is 0 Å². The monoisotopic (exact) mass is 333 g/mol. The Balaban J connectivity index is 3.31. The average Bonchev–Trinajstić information content (AvgIpc) is 2.38. The van der Waals surface area contributed by atoms with Gasteiger partial charge in [-0.3, -0.25) is 4.79 Å². The molecule has 7 heteroatoms. The Morgan fingerprint density at radius 1 is 1.43 bits per heavy atom. The molecule has 0 saturated carbocycles. The van der Waals surface area contributed by atoms with E-state index < -0.39 is 9.05 Å². The first-order valence-corrected chi connectivity index (χ1v) is 8.88. The second-order valence-electron chi connectivity index (χ2n) is 4.83. The number of likely N-dealkylation sites (N-methyl/N-ethyl adjacent to an activating group) is 1. The number of ether oxygens (including phenoxy) is 1. The van der Waals surface area contributed by atoms with Crippen LogP contribution in [0.1, 0.15) is 29.8 Å². The molecule has 1 atom stereocenters. The highest BCUT2D eigenvalue weighted by Gasteiger charge is 2.26. The third-order valence-electron chi connectivity index (χ3n) is 3.17. The van der Waals surface area contributed by atoms with E-state index in [2.05, 4.69) is 0 Å². The molecule has 118 valence electrons. The predicted molar refractivity (Wildman–Crippen MR) is 82.3 cm³/mol. The molecule has 5 nitrogen and oxygen atoms in total. The van der Waals surface area contributed by atoms with Crippen LogP contribution in [0.25, 0.3) is 0 Å². The number of methoxy groups -OCH3 is 1. The molecule has 0 N–H and O–H groups in total. The summed E-state index contributed by atoms with van der Waals surface area (Å²) in [5, 5.41) is 0. The molecule has 1 aromatic carbocycles. The molecule has 0 fully saturated rings. The van der Waals surface area contributed by atoms with Crippen LogP contribution in [0.3, 0.4) is 0 Å². The van der Waals surface area contributed by atoms with E-state index in [1.807, 2.05) is 13.8 Å². The van der Waals surface area contributed by atoms with E-state index >= 15 is 0 Å². The Labute approximate surface area is 130 Å². The van der Waals surface area contributed by atoms with Gasteiger partial charge in [0.15, 0.2) is 0 Å². The molecule has 0 aromatic heterocycles. The molecular formula is C14H20ClNO4S. The van der Waals surface area contributed by atoms with E-state index in [1.165, 1.54) is 6.07 Å². The van der Waals surface area contributed by atoms with E-state index in [-0.39, 0.29) is 22.4 Å². The van der Waals surface area contributed by atoms with Crippen molar-refractivity contribution in [3.05, 3.63) is 29.3 Å². The van der Waals surface area contributed by atoms with Crippen molar-refractivity contribution in [2.24, 2.45) is 0 Å². The first-order valence-electron chi connectivity index (χ1n) is 6.57. The summed E-state index contributed by atoms with van der Waals surface area (Å²) in [6.07, 6.45) is 0. The van der Waals surface area contributed by atoms with Gasteiger partial charge in [0.25, 0.3) is 15.0 Å². The molecule has 0 radical (unpaired) electrons. The van der Waals surface area contributed by atoms with E-state index in [4.69, 9.17) is 15.4 Å². The Kier molecular flexibility index (Phi) is 6.19. The summed E-state index contributed by atoms with van der Waals surface area (Å²) in [6.45, 7) is 6.27. The number of halogens is 1. The first-order chi connectivity index (χ1) is 9.72. The third-order valence-corrected chi connectivity index (χ3v) is 4.55. The lowest BCUT2D eigenvalue weighted by molar-refractivity contribution is 0.0575. The van der Waals surface area contributed by atoms with Gasteiger partial charge in [0.2, 0.25) is 0 Å². The lowest BCUT2D eigenvalue weighted by atomic mass is 10.1. The fourth-order valence-electron chi connectivity index (χ4n) is 2.16. The van der Waals surface area contributed by atoms with Gasteiger partial charge >= 0.3 is 0 Å². The van der Waals surface area contributed by atoms with Gasteiger partial charge in [0.1, 0.15) is 0 Å². The normalized spacial score (nSPS) is 13.0. The largest absolute Gasteiger partial charge is 0.383 e. The van der Waals surface area contributed by atoms with Gasteiger partial charge < -0.3 is 9.64 Å². The van der Waals surface area contributed by atoms with Gasteiger partial charge in [-0.05, 0) is 32.9 Å². The zero-order chi connectivity index (χ0) is 16.2. The molecule has 0 aliphatic heterocycles. The lowest BCUT2D eigenvalue weighted by Gasteiger charge is -2.28. The van der Waals surface area contributed by atoms with Crippen LogP contribution in [0.2, 0.25) is 0 Å². The standard InChI is InChI=1S/C14H20ClNO4S/c1-5-16(11(3)9-20-4)14(17)12-8-10(2)6-7-13(12)21(15,18)19/h6-8,11H,5,9H2,1-4H3. The minimum absolute atomic E-state index is 0.0924. The van der Waals surface area contributed by atoms with Crippen molar-refractivity contribution in [1.82, 2.24) is 4.90 Å². The van der Waals surface area contributed by atoms with Crippen molar-refractivity contribution in [3.63, 3.8) is 0 Å². The van der Waals surface area contributed by atoms with E-state index in [1.54, 1.807) is 31.1 Å². The van der Waals surface area contributed by atoms with Crippen LogP contribution >= 0.6 is 10.7 Å². The number of carbonyl (C=O) groups excluding carboxylic acids is 1. The Morgan fingerprint density at radius 2 is 2.05 bits per heavy atom. The zero-order valence-electron chi connectivity index (χ0n) is 12.6. The van der Waals surface area contributed by atoms with Gasteiger partial charge in [0, 0.05) is 24.3 Å². The summed E-state index contributed by atoms with van der Waals surface area (Å²) in [5.74, 6) is -0.370. The molecule has 0 spiro atoms. The maximum Gasteiger partial charge on any atom is 0.262 e. The van der Waals surface area contributed by atoms with Gasteiger partial charge in [-0.1, -0.05) is 11.6 Å². The molecule has 1 amide bonds. The minimum Gasteiger partial charge on any atom is -0.383 e. The SMILES string of the molecule is CCN(C(=O)c1cc(C)ccc1S(=O)(=O)Cl)C(C)COC. The van der Waals surface area contributed by atoms with E-state index in [0.717, 1.165) is 5.56 Å². The molecule has 1 aromatic rings. The highest BCUT2D eigenvalue weighted by molar-refractivity contribution is 8.13. The predicted octanol–water partition coefficient (Wildman–Crippen LogP) is 2.42. The molecule has 21 heavy (non-hydrogen) atoms. The second-order valence-corrected chi connectivity index (χ2v) is 7.37. The van der Waals surface area contributed by atoms with E-state index in [0.29, 0.717) is 13.2 Å². The summed E-state index contributed by atoms with van der Waals surface area (Å²) in [7, 11) is 3.00. The summed E-state index contributed by atoms with van der Waals surface area (Å²) < 4.78 is 28.3. The van der Waals surface area contributed by atoms with E-state index in [9.17, 15) is 13.2 Å². The van der Waals surface area contributed by atoms with Gasteiger partial charge in [-0.25, -0.2) is 8.42 Å². The van der Waals surface area contributed by atoms with Crippen molar-refractivity contribution in [3.8, 4) is 0 Å². The number of carbonyl (C=O) groups is 1. The third kappa shape index (κ3) is 4.43. The van der Waals surface area contributed by atoms with Crippen LogP contribution in [-0.4, -0.2) is 45.5 Å². The van der Waals surface area contributed by atoms with Crippen molar-refractivity contribution in [1.29, 1.82) is 0 Å². The lowest BCUT2D eigenvalue weighted by Crippen LogP contribution is -2.41. The fraction of sp³-hybridized carbons (Fsp3) is 0.500. The number of aryl methyl sites for hydroxylation is 1. The summed E-state index contributed by atoms with van der Waals surface area (Å²) in [4.78, 5) is 14.1. The Bertz CT molecular complexity index is 615. The molecule has 0 heterocycles. The number of hydrogen-bond acceptors (Lipinski definition) is 4. The summed E-state index contributed by atoms with van der Waals surface area (Å²) >= 11 is 0. The first kappa shape index (κ1) is 17.9. The number of nitrogens with zero attached hydrogens (tertiary/aromatic N) is 1. The van der Waals surface area contributed by atoms with Gasteiger partial charge in [-0.2, -0.15) is 0 Å². The van der Waals surface area contributed by atoms with Gasteiger partial charge in [0.05, 0.1) is 23.1 Å². The second kappa shape index (κ2) is 7.24. The Hall–Kier alpha value is -1.11. The summed E-state index contributed by atoms with van der Waals surface area (Å²) in [5.41, 5.74) is 0.882. The highest BCUT2D eigenvalue weighted by Crippen LogP contribution is 2.23. The smallest absolute Gasteiger partial charge is 0.262 e. The molecule has 0 bridgehead atoms. The van der Waals surface area contributed by atoms with Crippen LogP contribution in [0, 0.1) is 6.92 Å². The van der Waals surface area contributed by atoms with Crippen molar-refractivity contribution in [2.75, 3.05) is 20.3 Å². The summed E-state index contributed by atoms with van der Waals surface area (Å²) in [6, 6.07) is 4.35. The van der Waals surface area contributed by atoms with Crippen LogP contribution in [0.15, 0.2) is 23.1 Å². The fourth-order valence-corrected chi connectivity index (χ4v) is 3.21. The number of hydrogen-bond donors (Lipinski definition) is 0. The van der Waals surface area contributed by atoms with Crippen LogP contribution in [-0.2, 0) is 13.8 Å². The van der Waals surface area contributed by atoms with Crippen LogP contribution in [0.4, 0.5) is 0 Å². The maximum atomic E-state index is 12.7. The maximum absolute atomic E-state index is 12.7. The molecule has 0 saturated heterocycles. The topological polar surface area (TPSA) is 63.7 Å². The number of rotatable bonds is 6. The van der Waals surface area contributed by atoms with Crippen LogP contribution in [0.5, 0.6) is 0 Å². The van der Waals surface area contributed by atoms with Crippen molar-refractivity contribution in [2.45, 2.75) is 31.7 Å². The molecule has 0 aliphatic carbocycles. The average molecular weight is 334 g/mol. The molecule has 1 rings (SSSR count). The molecule has 1 unspecified atom stereocenters. The molecular weight excluding hydrogens is 314 g/mol. The van der Waals surface area contributed by atoms with Crippen molar-refractivity contribution < 1.29 is 17.9 Å². The number of benzene rings is 1. The number of amides is 1. The van der Waals surface area contributed by atoms with Crippen molar-refractivity contribution >= 4 is 25.6 Å². The molecule has 0 aliphatic rings. The Morgan fingerprint density at radius 3 is 2.52 bits per heavy atom. The quantitative estimate of drug-likeness (QED) is 0.750. The van der Waals surface area contributed by atoms with Crippen LogP contribution < -0.4 is 0 Å². The zero-order valence-corrected chi connectivity index (χ0v) is 14.2. The highest BCUT2D eigenvalue weighted by atomic mass is 35.7.